The maximum atomic E-state index is 12.9. The zero-order valence-corrected chi connectivity index (χ0v) is 18.0. The maximum absolute atomic E-state index is 12.9. The quantitative estimate of drug-likeness (QED) is 0.567. The van der Waals surface area contributed by atoms with Crippen LogP contribution in [0.25, 0.3) is 0 Å². The molecule has 0 heterocycles. The number of alkyl halides is 3. The van der Waals surface area contributed by atoms with Gasteiger partial charge in [-0.15, -0.1) is 0 Å². The topological polar surface area (TPSA) is 106 Å². The molecule has 0 spiro atoms. The number of nitriles is 2. The number of rotatable bonds is 5. The molecule has 0 aliphatic heterocycles. The highest BCUT2D eigenvalue weighted by Gasteiger charge is 2.34. The van der Waals surface area contributed by atoms with Crippen molar-refractivity contribution < 1.29 is 27.8 Å². The first-order valence-electron chi connectivity index (χ1n) is 9.86. The summed E-state index contributed by atoms with van der Waals surface area (Å²) in [7, 11) is 1.60. The summed E-state index contributed by atoms with van der Waals surface area (Å²) in [5, 5.41) is 29.2. The molecule has 174 valence electrons. The number of amides is 1. The summed E-state index contributed by atoms with van der Waals surface area (Å²) in [6, 6.07) is 22.0. The molecule has 0 saturated carbocycles. The minimum Gasteiger partial charge on any atom is -0.497 e. The number of benzene rings is 3. The van der Waals surface area contributed by atoms with Crippen molar-refractivity contribution in [2.24, 2.45) is 0 Å². The van der Waals surface area contributed by atoms with Crippen molar-refractivity contribution >= 4 is 11.6 Å². The molecule has 1 amide bonds. The average molecular weight is 467 g/mol. The van der Waals surface area contributed by atoms with Crippen LogP contribution < -0.4 is 10.1 Å². The molecule has 1 atom stereocenters. The van der Waals surface area contributed by atoms with Crippen molar-refractivity contribution in [1.29, 1.82) is 10.5 Å². The van der Waals surface area contributed by atoms with E-state index in [1.54, 1.807) is 61.7 Å². The molecule has 34 heavy (non-hydrogen) atoms. The van der Waals surface area contributed by atoms with Gasteiger partial charge in [-0.05, 0) is 48.0 Å². The van der Waals surface area contributed by atoms with E-state index in [4.69, 9.17) is 15.3 Å². The van der Waals surface area contributed by atoms with Crippen LogP contribution in [0.2, 0.25) is 0 Å². The molecule has 0 fully saturated rings. The van der Waals surface area contributed by atoms with Gasteiger partial charge in [0.2, 0.25) is 0 Å². The molecule has 0 bridgehead atoms. The summed E-state index contributed by atoms with van der Waals surface area (Å²) in [6.45, 7) is 0. The van der Waals surface area contributed by atoms with E-state index in [-0.39, 0.29) is 12.1 Å². The van der Waals surface area contributed by atoms with E-state index in [0.717, 1.165) is 17.4 Å². The summed E-state index contributed by atoms with van der Waals surface area (Å²) in [5.74, 6) is -0.0457. The second kappa shape index (κ2) is 12.0. The number of carbonyl (C=O) groups excluding carboxylic acids is 1. The third-order valence-corrected chi connectivity index (χ3v) is 4.51. The lowest BCUT2D eigenvalue weighted by molar-refractivity contribution is -0.137. The van der Waals surface area contributed by atoms with E-state index in [2.05, 4.69) is 5.32 Å². The Morgan fingerprint density at radius 2 is 1.68 bits per heavy atom. The largest absolute Gasteiger partial charge is 0.497 e. The Balaban J connectivity index is 0.000000340. The van der Waals surface area contributed by atoms with Gasteiger partial charge in [0.05, 0.1) is 35.9 Å². The molecular weight excluding hydrogens is 447 g/mol. The van der Waals surface area contributed by atoms with Gasteiger partial charge in [-0.3, -0.25) is 4.79 Å². The van der Waals surface area contributed by atoms with Crippen molar-refractivity contribution in [2.75, 3.05) is 12.4 Å². The van der Waals surface area contributed by atoms with Gasteiger partial charge in [0, 0.05) is 12.1 Å². The number of aliphatic hydroxyl groups is 1. The van der Waals surface area contributed by atoms with Crippen molar-refractivity contribution in [3.63, 3.8) is 0 Å². The van der Waals surface area contributed by atoms with Gasteiger partial charge < -0.3 is 15.2 Å². The second-order valence-corrected chi connectivity index (χ2v) is 6.91. The third kappa shape index (κ3) is 7.66. The smallest absolute Gasteiger partial charge is 0.417 e. The number of nitrogens with one attached hydrogen (secondary N) is 1. The molecule has 1 unspecified atom stereocenters. The van der Waals surface area contributed by atoms with E-state index in [1.165, 1.54) is 12.1 Å². The van der Waals surface area contributed by atoms with Crippen LogP contribution in [0.4, 0.5) is 18.9 Å². The molecule has 3 aromatic rings. The minimum absolute atomic E-state index is 0.0368. The second-order valence-electron chi connectivity index (χ2n) is 6.91. The molecule has 0 aromatic heterocycles. The third-order valence-electron chi connectivity index (χ3n) is 4.51. The van der Waals surface area contributed by atoms with Gasteiger partial charge in [-0.2, -0.15) is 23.7 Å². The average Bonchev–Trinajstić information content (AvgIpc) is 2.84. The predicted octanol–water partition coefficient (Wildman–Crippen LogP) is 4.69. The highest BCUT2D eigenvalue weighted by molar-refractivity contribution is 5.94. The zero-order valence-electron chi connectivity index (χ0n) is 18.0. The Morgan fingerprint density at radius 3 is 2.21 bits per heavy atom. The number of hydrogen-bond acceptors (Lipinski definition) is 5. The Morgan fingerprint density at radius 1 is 1.03 bits per heavy atom. The SMILES string of the molecule is COc1ccc(C#N)cc1.N#Cc1ccc(NC(=O)C(O)Cc2ccccc2)cc1C(F)(F)F. The lowest BCUT2D eigenvalue weighted by Crippen LogP contribution is -2.29. The fraction of sp³-hybridized carbons (Fsp3) is 0.160. The van der Waals surface area contributed by atoms with Crippen molar-refractivity contribution in [2.45, 2.75) is 18.7 Å². The fourth-order valence-electron chi connectivity index (χ4n) is 2.78. The number of nitrogens with zero attached hydrogens (tertiary/aromatic N) is 2. The lowest BCUT2D eigenvalue weighted by atomic mass is 10.1. The standard InChI is InChI=1S/C17H13F3N2O2.C8H7NO/c18-17(19,20)14-9-13(7-6-12(14)10-21)22-16(24)15(23)8-11-4-2-1-3-5-11;1-10-8-4-2-7(6-9)3-5-8/h1-7,9,15,23H,8H2,(H,22,24);2-5H,1H3. The highest BCUT2D eigenvalue weighted by atomic mass is 19.4. The number of methoxy groups -OCH3 is 1. The molecule has 0 saturated heterocycles. The molecule has 6 nitrogen and oxygen atoms in total. The Hall–Kier alpha value is -4.34. The number of aliphatic hydroxyl groups excluding tert-OH is 1. The number of hydrogen-bond donors (Lipinski definition) is 2. The summed E-state index contributed by atoms with van der Waals surface area (Å²) in [5.41, 5.74) is -0.444. The van der Waals surface area contributed by atoms with Crippen LogP contribution in [-0.2, 0) is 17.4 Å². The van der Waals surface area contributed by atoms with Crippen molar-refractivity contribution in [3.05, 3.63) is 95.1 Å². The van der Waals surface area contributed by atoms with Gasteiger partial charge in [-0.1, -0.05) is 30.3 Å². The van der Waals surface area contributed by atoms with E-state index in [9.17, 15) is 23.1 Å². The molecule has 0 radical (unpaired) electrons. The Labute approximate surface area is 194 Å². The Bertz CT molecular complexity index is 1180. The number of anilines is 1. The molecule has 3 aromatic carbocycles. The van der Waals surface area contributed by atoms with Gasteiger partial charge in [0.15, 0.2) is 0 Å². The van der Waals surface area contributed by atoms with Gasteiger partial charge in [0.1, 0.15) is 11.9 Å². The van der Waals surface area contributed by atoms with Crippen LogP contribution in [0.15, 0.2) is 72.8 Å². The van der Waals surface area contributed by atoms with Gasteiger partial charge >= 0.3 is 6.18 Å². The first-order valence-corrected chi connectivity index (χ1v) is 9.86. The van der Waals surface area contributed by atoms with Crippen LogP contribution >= 0.6 is 0 Å². The summed E-state index contributed by atoms with van der Waals surface area (Å²) in [6.07, 6.45) is -6.08. The van der Waals surface area contributed by atoms with E-state index < -0.39 is 29.3 Å². The monoisotopic (exact) mass is 467 g/mol. The summed E-state index contributed by atoms with van der Waals surface area (Å²) < 4.78 is 43.6. The van der Waals surface area contributed by atoms with Crippen LogP contribution in [0, 0.1) is 22.7 Å². The first-order chi connectivity index (χ1) is 16.2. The maximum Gasteiger partial charge on any atom is 0.417 e. The number of ether oxygens (including phenoxy) is 1. The molecule has 3 rings (SSSR count). The molecule has 9 heteroatoms. The van der Waals surface area contributed by atoms with Crippen LogP contribution in [0.5, 0.6) is 5.75 Å². The molecule has 2 N–H and O–H groups in total. The number of carbonyl (C=O) groups is 1. The van der Waals surface area contributed by atoms with Gasteiger partial charge in [0.25, 0.3) is 5.91 Å². The highest BCUT2D eigenvalue weighted by Crippen LogP contribution is 2.33. The van der Waals surface area contributed by atoms with E-state index in [0.29, 0.717) is 11.6 Å². The van der Waals surface area contributed by atoms with Crippen molar-refractivity contribution in [1.82, 2.24) is 0 Å². The Kier molecular flexibility index (Phi) is 9.18. The van der Waals surface area contributed by atoms with Crippen molar-refractivity contribution in [3.8, 4) is 17.9 Å². The number of halogens is 3. The lowest BCUT2D eigenvalue weighted by Gasteiger charge is -2.14. The summed E-state index contributed by atoms with van der Waals surface area (Å²) >= 11 is 0. The molecular formula is C25H20F3N3O3. The predicted molar refractivity (Wildman–Crippen MR) is 119 cm³/mol. The van der Waals surface area contributed by atoms with E-state index >= 15 is 0 Å². The molecule has 0 aliphatic carbocycles. The van der Waals surface area contributed by atoms with Gasteiger partial charge in [-0.25, -0.2) is 0 Å². The zero-order chi connectivity index (χ0) is 25.1. The normalized spacial score (nSPS) is 11.1. The van der Waals surface area contributed by atoms with E-state index in [1.807, 2.05) is 6.07 Å². The summed E-state index contributed by atoms with van der Waals surface area (Å²) in [4.78, 5) is 11.9. The fourth-order valence-corrected chi connectivity index (χ4v) is 2.78. The molecule has 0 aliphatic rings. The van der Waals surface area contributed by atoms with Crippen LogP contribution in [0.3, 0.4) is 0 Å². The first kappa shape index (κ1) is 25.9. The minimum atomic E-state index is -4.71. The van der Waals surface area contributed by atoms with Crippen LogP contribution in [0.1, 0.15) is 22.3 Å². The van der Waals surface area contributed by atoms with Crippen LogP contribution in [-0.4, -0.2) is 24.2 Å².